The highest BCUT2D eigenvalue weighted by Gasteiger charge is 2.13. The Kier molecular flexibility index (Phi) is 3.59. The van der Waals surface area contributed by atoms with Gasteiger partial charge in [0.25, 0.3) is 0 Å². The summed E-state index contributed by atoms with van der Waals surface area (Å²) in [5.74, 6) is 0.0245. The van der Waals surface area contributed by atoms with Gasteiger partial charge in [-0.25, -0.2) is 4.68 Å². The number of aryl methyl sites for hydroxylation is 1. The Morgan fingerprint density at radius 3 is 3.00 bits per heavy atom. The van der Waals surface area contributed by atoms with Crippen molar-refractivity contribution >= 4 is 5.78 Å². The molecule has 5 nitrogen and oxygen atoms in total. The van der Waals surface area contributed by atoms with Gasteiger partial charge in [0.2, 0.25) is 0 Å². The van der Waals surface area contributed by atoms with Crippen molar-refractivity contribution in [3.05, 3.63) is 42.0 Å². The van der Waals surface area contributed by atoms with Gasteiger partial charge >= 0.3 is 0 Å². The van der Waals surface area contributed by atoms with E-state index in [1.807, 2.05) is 19.1 Å². The lowest BCUT2D eigenvalue weighted by Crippen LogP contribution is -2.12. The first-order chi connectivity index (χ1) is 8.31. The highest BCUT2D eigenvalue weighted by molar-refractivity contribution is 5.95. The summed E-state index contributed by atoms with van der Waals surface area (Å²) in [4.78, 5) is 16.0. The van der Waals surface area contributed by atoms with Crippen molar-refractivity contribution in [3.63, 3.8) is 0 Å². The Morgan fingerprint density at radius 1 is 1.41 bits per heavy atom. The summed E-state index contributed by atoms with van der Waals surface area (Å²) in [6.07, 6.45) is 6.18. The zero-order chi connectivity index (χ0) is 12.1. The van der Waals surface area contributed by atoms with Crippen molar-refractivity contribution in [1.82, 2.24) is 20.0 Å². The number of Topliss-reactive ketones (excluding diaryl/α,β-unsaturated/α-hetero) is 1. The first-order valence-electron chi connectivity index (χ1n) is 5.62. The standard InChI is InChI=1S/C12H14N4O/c1-2-6-16-11(9-14-15-16)12(17)7-10-4-3-5-13-8-10/h3-5,8-9H,2,6-7H2,1H3. The maximum atomic E-state index is 12.0. The minimum Gasteiger partial charge on any atom is -0.292 e. The third-order valence-electron chi connectivity index (χ3n) is 2.43. The maximum Gasteiger partial charge on any atom is 0.186 e. The Balaban J connectivity index is 2.12. The fourth-order valence-electron chi connectivity index (χ4n) is 1.63. The normalized spacial score (nSPS) is 10.4. The summed E-state index contributed by atoms with van der Waals surface area (Å²) in [6, 6.07) is 3.71. The van der Waals surface area contributed by atoms with E-state index in [2.05, 4.69) is 15.3 Å². The predicted molar refractivity (Wildman–Crippen MR) is 62.6 cm³/mol. The third kappa shape index (κ3) is 2.75. The van der Waals surface area contributed by atoms with Crippen molar-refractivity contribution in [1.29, 1.82) is 0 Å². The molecule has 0 aliphatic heterocycles. The van der Waals surface area contributed by atoms with Gasteiger partial charge in [-0.1, -0.05) is 18.2 Å². The first kappa shape index (κ1) is 11.4. The summed E-state index contributed by atoms with van der Waals surface area (Å²) in [5.41, 5.74) is 1.47. The Labute approximate surface area is 99.5 Å². The summed E-state index contributed by atoms with van der Waals surface area (Å²) in [6.45, 7) is 2.76. The van der Waals surface area contributed by atoms with Crippen LogP contribution in [0.25, 0.3) is 0 Å². The largest absolute Gasteiger partial charge is 0.292 e. The minimum absolute atomic E-state index is 0.0245. The fraction of sp³-hybridized carbons (Fsp3) is 0.333. The molecule has 0 unspecified atom stereocenters. The lowest BCUT2D eigenvalue weighted by Gasteiger charge is -2.03. The van der Waals surface area contributed by atoms with E-state index in [9.17, 15) is 4.79 Å². The van der Waals surface area contributed by atoms with Gasteiger partial charge in [-0.2, -0.15) is 0 Å². The van der Waals surface area contributed by atoms with Crippen LogP contribution in [0.2, 0.25) is 0 Å². The molecule has 0 atom stereocenters. The second kappa shape index (κ2) is 5.34. The van der Waals surface area contributed by atoms with Crippen molar-refractivity contribution in [3.8, 4) is 0 Å². The molecular weight excluding hydrogens is 216 g/mol. The van der Waals surface area contributed by atoms with Gasteiger partial charge in [-0.05, 0) is 18.1 Å². The van der Waals surface area contributed by atoms with Crippen LogP contribution in [0.1, 0.15) is 29.4 Å². The number of hydrogen-bond acceptors (Lipinski definition) is 4. The average molecular weight is 230 g/mol. The molecule has 0 aliphatic rings. The molecule has 0 bridgehead atoms. The first-order valence-corrected chi connectivity index (χ1v) is 5.62. The summed E-state index contributed by atoms with van der Waals surface area (Å²) in [7, 11) is 0. The van der Waals surface area contributed by atoms with Crippen molar-refractivity contribution < 1.29 is 4.79 Å². The van der Waals surface area contributed by atoms with E-state index in [1.54, 1.807) is 17.1 Å². The van der Waals surface area contributed by atoms with Crippen molar-refractivity contribution in [2.75, 3.05) is 0 Å². The van der Waals surface area contributed by atoms with Crippen LogP contribution >= 0.6 is 0 Å². The van der Waals surface area contributed by atoms with Crippen LogP contribution in [-0.4, -0.2) is 25.8 Å². The smallest absolute Gasteiger partial charge is 0.186 e. The third-order valence-corrected chi connectivity index (χ3v) is 2.43. The molecule has 0 spiro atoms. The summed E-state index contributed by atoms with van der Waals surface area (Å²) >= 11 is 0. The van der Waals surface area contributed by atoms with E-state index in [0.717, 1.165) is 12.0 Å². The molecule has 2 aromatic heterocycles. The van der Waals surface area contributed by atoms with Gasteiger partial charge in [-0.3, -0.25) is 9.78 Å². The molecule has 2 aromatic rings. The van der Waals surface area contributed by atoms with Crippen LogP contribution in [0.3, 0.4) is 0 Å². The van der Waals surface area contributed by atoms with E-state index in [1.165, 1.54) is 6.20 Å². The number of carbonyl (C=O) groups is 1. The van der Waals surface area contributed by atoms with Crippen molar-refractivity contribution in [2.24, 2.45) is 0 Å². The number of hydrogen-bond donors (Lipinski definition) is 0. The molecule has 0 aromatic carbocycles. The van der Waals surface area contributed by atoms with Gasteiger partial charge in [0, 0.05) is 25.4 Å². The number of nitrogens with zero attached hydrogens (tertiary/aromatic N) is 4. The van der Waals surface area contributed by atoms with E-state index >= 15 is 0 Å². The van der Waals surface area contributed by atoms with Crippen molar-refractivity contribution in [2.45, 2.75) is 26.3 Å². The molecule has 2 rings (SSSR count). The summed E-state index contributed by atoms with van der Waals surface area (Å²) < 4.78 is 1.65. The summed E-state index contributed by atoms with van der Waals surface area (Å²) in [5, 5.41) is 7.68. The highest BCUT2D eigenvalue weighted by Crippen LogP contribution is 2.05. The number of aromatic nitrogens is 4. The van der Waals surface area contributed by atoms with Crippen LogP contribution in [0.5, 0.6) is 0 Å². The zero-order valence-corrected chi connectivity index (χ0v) is 9.71. The molecule has 17 heavy (non-hydrogen) atoms. The number of carbonyl (C=O) groups excluding carboxylic acids is 1. The van der Waals surface area contributed by atoms with E-state index in [0.29, 0.717) is 18.7 Å². The molecule has 0 saturated carbocycles. The van der Waals surface area contributed by atoms with Crippen LogP contribution in [-0.2, 0) is 13.0 Å². The van der Waals surface area contributed by atoms with Crippen LogP contribution in [0.15, 0.2) is 30.7 Å². The molecule has 2 heterocycles. The van der Waals surface area contributed by atoms with E-state index in [4.69, 9.17) is 0 Å². The molecule has 0 N–H and O–H groups in total. The second-order valence-electron chi connectivity index (χ2n) is 3.80. The van der Waals surface area contributed by atoms with E-state index in [-0.39, 0.29) is 5.78 Å². The lowest BCUT2D eigenvalue weighted by atomic mass is 10.1. The Hall–Kier alpha value is -2.04. The number of rotatable bonds is 5. The molecule has 0 fully saturated rings. The number of pyridine rings is 1. The van der Waals surface area contributed by atoms with E-state index < -0.39 is 0 Å². The average Bonchev–Trinajstić information content (AvgIpc) is 2.79. The molecular formula is C12H14N4O. The fourth-order valence-corrected chi connectivity index (χ4v) is 1.63. The molecule has 0 aliphatic carbocycles. The van der Waals surface area contributed by atoms with Gasteiger partial charge in [-0.15, -0.1) is 5.10 Å². The zero-order valence-electron chi connectivity index (χ0n) is 9.71. The molecule has 0 radical (unpaired) electrons. The Morgan fingerprint density at radius 2 is 2.29 bits per heavy atom. The Bertz CT molecular complexity index is 492. The quantitative estimate of drug-likeness (QED) is 0.730. The second-order valence-corrected chi connectivity index (χ2v) is 3.80. The SMILES string of the molecule is CCCn1nncc1C(=O)Cc1cccnc1. The predicted octanol–water partition coefficient (Wildman–Crippen LogP) is 1.51. The van der Waals surface area contributed by atoms with Gasteiger partial charge < -0.3 is 0 Å². The van der Waals surface area contributed by atoms with Gasteiger partial charge in [0.15, 0.2) is 5.78 Å². The number of ketones is 1. The molecule has 0 saturated heterocycles. The molecule has 0 amide bonds. The van der Waals surface area contributed by atoms with Gasteiger partial charge in [0.1, 0.15) is 5.69 Å². The molecule has 5 heteroatoms. The monoisotopic (exact) mass is 230 g/mol. The highest BCUT2D eigenvalue weighted by atomic mass is 16.1. The minimum atomic E-state index is 0.0245. The van der Waals surface area contributed by atoms with Crippen LogP contribution in [0.4, 0.5) is 0 Å². The lowest BCUT2D eigenvalue weighted by molar-refractivity contribution is 0.0982. The molecule has 88 valence electrons. The topological polar surface area (TPSA) is 60.7 Å². The van der Waals surface area contributed by atoms with Crippen LogP contribution < -0.4 is 0 Å². The van der Waals surface area contributed by atoms with Gasteiger partial charge in [0.05, 0.1) is 6.20 Å². The van der Waals surface area contributed by atoms with Crippen LogP contribution in [0, 0.1) is 0 Å². The maximum absolute atomic E-state index is 12.0.